The van der Waals surface area contributed by atoms with E-state index in [9.17, 15) is 18.4 Å². The van der Waals surface area contributed by atoms with Crippen molar-refractivity contribution in [3.8, 4) is 5.75 Å². The summed E-state index contributed by atoms with van der Waals surface area (Å²) in [5.74, 6) is 0.0605. The van der Waals surface area contributed by atoms with E-state index < -0.39 is 6.61 Å². The van der Waals surface area contributed by atoms with Crippen LogP contribution in [-0.2, 0) is 18.3 Å². The van der Waals surface area contributed by atoms with Gasteiger partial charge in [-0.1, -0.05) is 23.2 Å². The zero-order valence-electron chi connectivity index (χ0n) is 19.7. The van der Waals surface area contributed by atoms with E-state index in [4.69, 9.17) is 23.2 Å². The SMILES string of the molecule is CC(=O)C1CCN(C(=O)c2ccc(Cl)c(Cc3cc4c(C)cc(OC(F)F)cc4n3C)c2Cl)CC1. The molecular formula is C26H26Cl2F2N2O3. The third kappa shape index (κ3) is 5.16. The van der Waals surface area contributed by atoms with Gasteiger partial charge in [-0.3, -0.25) is 9.59 Å². The first-order valence-corrected chi connectivity index (χ1v) is 12.1. The van der Waals surface area contributed by atoms with Crippen LogP contribution in [0.15, 0.2) is 30.3 Å². The lowest BCUT2D eigenvalue weighted by Gasteiger charge is -2.31. The van der Waals surface area contributed by atoms with Gasteiger partial charge >= 0.3 is 6.61 Å². The highest BCUT2D eigenvalue weighted by Gasteiger charge is 2.28. The van der Waals surface area contributed by atoms with E-state index in [0.29, 0.717) is 53.5 Å². The van der Waals surface area contributed by atoms with Gasteiger partial charge in [-0.05, 0) is 62.1 Å². The van der Waals surface area contributed by atoms with Crippen LogP contribution < -0.4 is 4.74 Å². The number of nitrogens with zero attached hydrogens (tertiary/aromatic N) is 2. The summed E-state index contributed by atoms with van der Waals surface area (Å²) >= 11 is 13.2. The number of aryl methyl sites for hydroxylation is 2. The summed E-state index contributed by atoms with van der Waals surface area (Å²) in [5.41, 5.74) is 3.38. The number of aromatic nitrogens is 1. The summed E-state index contributed by atoms with van der Waals surface area (Å²) in [5, 5.41) is 1.63. The summed E-state index contributed by atoms with van der Waals surface area (Å²) < 4.78 is 31.9. The van der Waals surface area contributed by atoms with E-state index in [0.717, 1.165) is 22.2 Å². The number of rotatable bonds is 6. The maximum Gasteiger partial charge on any atom is 0.387 e. The lowest BCUT2D eigenvalue weighted by Crippen LogP contribution is -2.40. The van der Waals surface area contributed by atoms with E-state index in [1.165, 1.54) is 0 Å². The van der Waals surface area contributed by atoms with Crippen LogP contribution in [0.1, 0.15) is 46.9 Å². The Morgan fingerprint density at radius 1 is 1.14 bits per heavy atom. The number of ketones is 1. The van der Waals surface area contributed by atoms with E-state index >= 15 is 0 Å². The Labute approximate surface area is 212 Å². The van der Waals surface area contributed by atoms with Gasteiger partial charge in [0, 0.05) is 54.6 Å². The van der Waals surface area contributed by atoms with E-state index in [-0.39, 0.29) is 23.4 Å². The highest BCUT2D eigenvalue weighted by Crippen LogP contribution is 2.34. The standard InChI is InChI=1S/C26H26Cl2F2N2O3/c1-14-10-18(35-26(29)30)13-23-20(14)11-17(31(23)3)12-21-22(27)5-4-19(24(21)28)25(34)32-8-6-16(7-9-32)15(2)33/h4-5,10-11,13,16,26H,6-9,12H2,1-3H3. The molecule has 0 N–H and O–H groups in total. The quantitative estimate of drug-likeness (QED) is 0.375. The largest absolute Gasteiger partial charge is 0.435 e. The second-order valence-corrected chi connectivity index (χ2v) is 9.77. The highest BCUT2D eigenvalue weighted by atomic mass is 35.5. The third-order valence-electron chi connectivity index (χ3n) is 6.80. The number of piperidine rings is 1. The molecule has 1 amide bonds. The molecule has 2 aromatic carbocycles. The molecular weight excluding hydrogens is 497 g/mol. The fourth-order valence-corrected chi connectivity index (χ4v) is 5.32. The van der Waals surface area contributed by atoms with E-state index in [1.54, 1.807) is 36.1 Å². The number of alkyl halides is 2. The van der Waals surface area contributed by atoms with Crippen molar-refractivity contribution in [1.82, 2.24) is 9.47 Å². The molecule has 35 heavy (non-hydrogen) atoms. The van der Waals surface area contributed by atoms with Crippen molar-refractivity contribution in [3.63, 3.8) is 0 Å². The van der Waals surface area contributed by atoms with Gasteiger partial charge in [0.2, 0.25) is 0 Å². The molecule has 2 heterocycles. The Morgan fingerprint density at radius 2 is 1.83 bits per heavy atom. The Morgan fingerprint density at radius 3 is 2.46 bits per heavy atom. The van der Waals surface area contributed by atoms with E-state index in [2.05, 4.69) is 4.74 Å². The topological polar surface area (TPSA) is 51.5 Å². The van der Waals surface area contributed by atoms with Crippen molar-refractivity contribution < 1.29 is 23.1 Å². The van der Waals surface area contributed by atoms with Gasteiger partial charge in [0.1, 0.15) is 11.5 Å². The van der Waals surface area contributed by atoms with Crippen LogP contribution in [0.2, 0.25) is 10.0 Å². The van der Waals surface area contributed by atoms with Crippen molar-refractivity contribution >= 4 is 45.8 Å². The molecule has 0 aliphatic carbocycles. The van der Waals surface area contributed by atoms with Crippen LogP contribution in [0, 0.1) is 12.8 Å². The average molecular weight is 523 g/mol. The lowest BCUT2D eigenvalue weighted by atomic mass is 9.93. The predicted molar refractivity (Wildman–Crippen MR) is 133 cm³/mol. The predicted octanol–water partition coefficient (Wildman–Crippen LogP) is 6.43. The minimum absolute atomic E-state index is 0.00293. The number of hydrogen-bond donors (Lipinski definition) is 0. The van der Waals surface area contributed by atoms with Gasteiger partial charge in [0.15, 0.2) is 0 Å². The molecule has 5 nitrogen and oxygen atoms in total. The molecule has 186 valence electrons. The Hall–Kier alpha value is -2.64. The number of hydrogen-bond acceptors (Lipinski definition) is 3. The van der Waals surface area contributed by atoms with Crippen molar-refractivity contribution in [1.29, 1.82) is 0 Å². The van der Waals surface area contributed by atoms with E-state index in [1.807, 2.05) is 24.6 Å². The first kappa shape index (κ1) is 25.5. The highest BCUT2D eigenvalue weighted by molar-refractivity contribution is 6.38. The number of likely N-dealkylation sites (tertiary alicyclic amines) is 1. The fraction of sp³-hybridized carbons (Fsp3) is 0.385. The number of Topliss-reactive ketones (excluding diaryl/α,β-unsaturated/α-hetero) is 1. The third-order valence-corrected chi connectivity index (χ3v) is 7.58. The molecule has 0 bridgehead atoms. The Kier molecular flexibility index (Phi) is 7.38. The van der Waals surface area contributed by atoms with Crippen molar-refractivity contribution in [3.05, 3.63) is 62.8 Å². The molecule has 1 saturated heterocycles. The number of carbonyl (C=O) groups is 2. The van der Waals surface area contributed by atoms with Gasteiger partial charge in [0.05, 0.1) is 16.1 Å². The molecule has 0 atom stereocenters. The maximum absolute atomic E-state index is 13.2. The van der Waals surface area contributed by atoms with Gasteiger partial charge in [0.25, 0.3) is 5.91 Å². The second-order valence-electron chi connectivity index (χ2n) is 8.99. The Balaban J connectivity index is 1.63. The second kappa shape index (κ2) is 10.2. The van der Waals surface area contributed by atoms with Gasteiger partial charge in [-0.2, -0.15) is 8.78 Å². The molecule has 9 heteroatoms. The lowest BCUT2D eigenvalue weighted by molar-refractivity contribution is -0.121. The van der Waals surface area contributed by atoms with Crippen LogP contribution in [0.4, 0.5) is 8.78 Å². The van der Waals surface area contributed by atoms with Gasteiger partial charge < -0.3 is 14.2 Å². The summed E-state index contributed by atoms with van der Waals surface area (Å²) in [6.07, 6.45) is 1.64. The smallest absolute Gasteiger partial charge is 0.387 e. The number of carbonyl (C=O) groups excluding carboxylic acids is 2. The minimum atomic E-state index is -2.90. The first-order valence-electron chi connectivity index (χ1n) is 11.4. The first-order chi connectivity index (χ1) is 16.6. The summed E-state index contributed by atoms with van der Waals surface area (Å²) in [6.45, 7) is 1.52. The van der Waals surface area contributed by atoms with Crippen LogP contribution in [0.3, 0.4) is 0 Å². The summed E-state index contributed by atoms with van der Waals surface area (Å²) in [7, 11) is 1.83. The summed E-state index contributed by atoms with van der Waals surface area (Å²) in [4.78, 5) is 26.6. The number of benzene rings is 2. The van der Waals surface area contributed by atoms with Gasteiger partial charge in [-0.15, -0.1) is 0 Å². The number of fused-ring (bicyclic) bond motifs is 1. The summed E-state index contributed by atoms with van der Waals surface area (Å²) in [6, 6.07) is 8.41. The van der Waals surface area contributed by atoms with Crippen molar-refractivity contribution in [2.45, 2.75) is 39.7 Å². The molecule has 1 aliphatic rings. The van der Waals surface area contributed by atoms with Crippen LogP contribution in [0.5, 0.6) is 5.75 Å². The van der Waals surface area contributed by atoms with Crippen LogP contribution >= 0.6 is 23.2 Å². The molecule has 4 rings (SSSR count). The van der Waals surface area contributed by atoms with Crippen LogP contribution in [0.25, 0.3) is 10.9 Å². The molecule has 0 spiro atoms. The minimum Gasteiger partial charge on any atom is -0.435 e. The molecule has 0 unspecified atom stereocenters. The van der Waals surface area contributed by atoms with Crippen LogP contribution in [-0.4, -0.2) is 40.9 Å². The maximum atomic E-state index is 13.2. The molecule has 1 aliphatic heterocycles. The fourth-order valence-electron chi connectivity index (χ4n) is 4.74. The Bertz CT molecular complexity index is 1300. The molecule has 3 aromatic rings. The molecule has 1 aromatic heterocycles. The van der Waals surface area contributed by atoms with Crippen molar-refractivity contribution in [2.75, 3.05) is 13.1 Å². The monoisotopic (exact) mass is 522 g/mol. The number of ether oxygens (including phenoxy) is 1. The number of halogens is 4. The van der Waals surface area contributed by atoms with Gasteiger partial charge in [-0.25, -0.2) is 0 Å². The zero-order chi connectivity index (χ0) is 25.4. The normalized spacial score (nSPS) is 14.7. The van der Waals surface area contributed by atoms with Crippen molar-refractivity contribution in [2.24, 2.45) is 13.0 Å². The molecule has 1 fully saturated rings. The molecule has 0 radical (unpaired) electrons. The number of amides is 1. The average Bonchev–Trinajstić information content (AvgIpc) is 3.12. The zero-order valence-corrected chi connectivity index (χ0v) is 21.2. The molecule has 0 saturated carbocycles.